The van der Waals surface area contributed by atoms with Crippen molar-refractivity contribution < 1.29 is 26.4 Å². The lowest BCUT2D eigenvalue weighted by molar-refractivity contribution is 0.247. The number of hydrogen-bond acceptors (Lipinski definition) is 3. The van der Waals surface area contributed by atoms with Crippen LogP contribution in [0.1, 0.15) is 30.4 Å². The van der Waals surface area contributed by atoms with Gasteiger partial charge in [-0.1, -0.05) is 46.4 Å². The van der Waals surface area contributed by atoms with Crippen LogP contribution in [0.15, 0.2) is 42.5 Å². The van der Waals surface area contributed by atoms with E-state index < -0.39 is 7.25 Å². The second kappa shape index (κ2) is 9.71. The van der Waals surface area contributed by atoms with Crippen LogP contribution in [0.3, 0.4) is 0 Å². The van der Waals surface area contributed by atoms with E-state index in [1.165, 1.54) is 10.1 Å². The Bertz CT molecular complexity index is 1120. The van der Waals surface area contributed by atoms with Crippen molar-refractivity contribution in [3.63, 3.8) is 0 Å². The average molecular weight is 494 g/mol. The number of ether oxygens (including phenoxy) is 1. The van der Waals surface area contributed by atoms with Gasteiger partial charge in [0.1, 0.15) is 24.7 Å². The van der Waals surface area contributed by atoms with E-state index >= 15 is 0 Å². The number of fused-ring (bicyclic) bond motifs is 3. The number of nitrogens with zero attached hydrogens (tertiary/aromatic N) is 1. The monoisotopic (exact) mass is 493 g/mol. The predicted molar refractivity (Wildman–Crippen MR) is 118 cm³/mol. The third-order valence-electron chi connectivity index (χ3n) is 4.47. The van der Waals surface area contributed by atoms with Crippen molar-refractivity contribution in [3.8, 4) is 16.2 Å². The van der Waals surface area contributed by atoms with Gasteiger partial charge in [0, 0.05) is 10.6 Å². The van der Waals surface area contributed by atoms with E-state index in [1.54, 1.807) is 34.8 Å². The maximum absolute atomic E-state index is 13.9. The lowest BCUT2D eigenvalue weighted by Crippen LogP contribution is -2.25. The van der Waals surface area contributed by atoms with Crippen molar-refractivity contribution >= 4 is 41.5 Å². The standard InChI is InChI=1S/C20H18ClFNOS2.BF4/c1-3-23(4-2)20-25-18-15-11-14(22)9-10-16(15)24-17(19(18)26-20)12-5-7-13(21)8-6-12;2-1(3,4)5/h5-11,17H,3-4H2,1-2H3;/q+1;-1. The fourth-order valence-electron chi connectivity index (χ4n) is 3.09. The number of halogens is 6. The molecule has 0 saturated heterocycles. The number of hydrogen-bond donors (Lipinski definition) is 0. The molecular formula is C20H18BClF5NOS2. The van der Waals surface area contributed by atoms with E-state index in [0.717, 1.165) is 39.7 Å². The predicted octanol–water partition coefficient (Wildman–Crippen LogP) is 6.86. The second-order valence-electron chi connectivity index (χ2n) is 6.52. The van der Waals surface area contributed by atoms with E-state index in [1.807, 2.05) is 24.3 Å². The molecule has 166 valence electrons. The highest BCUT2D eigenvalue weighted by Crippen LogP contribution is 2.48. The highest BCUT2D eigenvalue weighted by Gasteiger charge is 2.32. The Morgan fingerprint density at radius 1 is 1.00 bits per heavy atom. The van der Waals surface area contributed by atoms with Gasteiger partial charge in [0.2, 0.25) is 0 Å². The fraction of sp³-hybridized carbons (Fsp3) is 0.250. The molecule has 4 rings (SSSR count). The summed E-state index contributed by atoms with van der Waals surface area (Å²) in [6, 6.07) is 12.5. The first-order chi connectivity index (χ1) is 14.6. The van der Waals surface area contributed by atoms with E-state index in [0.29, 0.717) is 5.02 Å². The van der Waals surface area contributed by atoms with Crippen LogP contribution in [0.4, 0.5) is 21.7 Å². The van der Waals surface area contributed by atoms with E-state index in [-0.39, 0.29) is 11.9 Å². The molecule has 1 atom stereocenters. The molecule has 1 aliphatic heterocycles. The van der Waals surface area contributed by atoms with Crippen LogP contribution < -0.4 is 13.3 Å². The van der Waals surface area contributed by atoms with Gasteiger partial charge in [-0.05, 0) is 49.7 Å². The van der Waals surface area contributed by atoms with Crippen LogP contribution in [0.5, 0.6) is 5.75 Å². The summed E-state index contributed by atoms with van der Waals surface area (Å²) in [7, 11) is -6.00. The SMILES string of the molecule is CC[N+](CC)=c1sc2c(s1)C(c1ccc(Cl)cc1)Oc1ccc(F)cc1-2.F[B-](F)(F)F. The van der Waals surface area contributed by atoms with Gasteiger partial charge in [-0.2, -0.15) is 0 Å². The summed E-state index contributed by atoms with van der Waals surface area (Å²) in [5.74, 6) is 0.477. The minimum absolute atomic E-state index is 0.203. The zero-order valence-electron chi connectivity index (χ0n) is 16.6. The van der Waals surface area contributed by atoms with Crippen molar-refractivity contribution in [2.24, 2.45) is 0 Å². The molecule has 3 aromatic rings. The Morgan fingerprint density at radius 3 is 2.19 bits per heavy atom. The van der Waals surface area contributed by atoms with Crippen LogP contribution in [-0.2, 0) is 0 Å². The molecular weight excluding hydrogens is 476 g/mol. The van der Waals surface area contributed by atoms with Crippen molar-refractivity contribution in [1.82, 2.24) is 4.58 Å². The van der Waals surface area contributed by atoms with Gasteiger partial charge in [0.05, 0.1) is 9.75 Å². The lowest BCUT2D eigenvalue weighted by atomic mass is 10.0. The molecule has 0 N–H and O–H groups in total. The maximum atomic E-state index is 13.9. The number of benzene rings is 2. The van der Waals surface area contributed by atoms with E-state index in [9.17, 15) is 21.7 Å². The van der Waals surface area contributed by atoms with Gasteiger partial charge in [0.15, 0.2) is 6.10 Å². The second-order valence-corrected chi connectivity index (χ2v) is 9.25. The quantitative estimate of drug-likeness (QED) is 0.220. The third kappa shape index (κ3) is 5.87. The van der Waals surface area contributed by atoms with Gasteiger partial charge in [-0.25, -0.2) is 8.97 Å². The smallest absolute Gasteiger partial charge is 0.479 e. The molecule has 2 nitrogen and oxygen atoms in total. The molecule has 2 heterocycles. The highest BCUT2D eigenvalue weighted by molar-refractivity contribution is 7.29. The molecule has 2 aromatic carbocycles. The first kappa shape index (κ1) is 23.8. The molecule has 11 heteroatoms. The van der Waals surface area contributed by atoms with Crippen LogP contribution in [0.25, 0.3) is 10.4 Å². The molecule has 0 amide bonds. The first-order valence-corrected chi connectivity index (χ1v) is 11.4. The summed E-state index contributed by atoms with van der Waals surface area (Å²) >= 11 is 9.50. The molecule has 0 aliphatic carbocycles. The zero-order valence-corrected chi connectivity index (χ0v) is 18.9. The van der Waals surface area contributed by atoms with Crippen molar-refractivity contribution in [2.75, 3.05) is 13.1 Å². The summed E-state index contributed by atoms with van der Waals surface area (Å²) in [6.45, 7) is 6.18. The minimum Gasteiger partial charge on any atom is -0.479 e. The summed E-state index contributed by atoms with van der Waals surface area (Å²) in [4.78, 5) is 2.22. The largest absolute Gasteiger partial charge is 0.673 e. The lowest BCUT2D eigenvalue weighted by Gasteiger charge is -2.25. The van der Waals surface area contributed by atoms with Gasteiger partial charge < -0.3 is 22.0 Å². The molecule has 1 aromatic heterocycles. The molecule has 0 bridgehead atoms. The van der Waals surface area contributed by atoms with Crippen molar-refractivity contribution in [2.45, 2.75) is 20.0 Å². The molecule has 31 heavy (non-hydrogen) atoms. The summed E-state index contributed by atoms with van der Waals surface area (Å²) in [5, 5.41) is 0.699. The maximum Gasteiger partial charge on any atom is 0.673 e. The van der Waals surface area contributed by atoms with Crippen molar-refractivity contribution in [1.29, 1.82) is 0 Å². The van der Waals surface area contributed by atoms with E-state index in [4.69, 9.17) is 16.3 Å². The molecule has 1 unspecified atom stereocenters. The van der Waals surface area contributed by atoms with Crippen molar-refractivity contribution in [3.05, 3.63) is 67.7 Å². The molecule has 0 saturated carbocycles. The molecule has 1 aliphatic rings. The fourth-order valence-corrected chi connectivity index (χ4v) is 6.26. The summed E-state index contributed by atoms with van der Waals surface area (Å²) in [6.07, 6.45) is -0.203. The molecule has 0 radical (unpaired) electrons. The van der Waals surface area contributed by atoms with Gasteiger partial charge in [-0.15, -0.1) is 0 Å². The topological polar surface area (TPSA) is 12.2 Å². The van der Waals surface area contributed by atoms with Gasteiger partial charge in [0.25, 0.3) is 0 Å². The highest BCUT2D eigenvalue weighted by atomic mass is 35.5. The van der Waals surface area contributed by atoms with E-state index in [2.05, 4.69) is 18.4 Å². The van der Waals surface area contributed by atoms with Crippen LogP contribution in [0.2, 0.25) is 5.02 Å². The molecule has 0 fully saturated rings. The Labute approximate surface area is 189 Å². The Hall–Kier alpha value is -1.91. The Balaban J connectivity index is 0.000000491. The summed E-state index contributed by atoms with van der Waals surface area (Å²) < 4.78 is 62.7. The van der Waals surface area contributed by atoms with Crippen LogP contribution >= 0.6 is 34.3 Å². The first-order valence-electron chi connectivity index (χ1n) is 9.41. The third-order valence-corrected chi connectivity index (χ3v) is 7.50. The zero-order chi connectivity index (χ0) is 22.8. The van der Waals surface area contributed by atoms with Crippen LogP contribution in [-0.4, -0.2) is 20.3 Å². The summed E-state index contributed by atoms with van der Waals surface area (Å²) in [5.41, 5.74) is 1.88. The Morgan fingerprint density at radius 2 is 1.61 bits per heavy atom. The Kier molecular flexibility index (Phi) is 7.44. The van der Waals surface area contributed by atoms with Crippen LogP contribution in [0, 0.1) is 5.82 Å². The minimum atomic E-state index is -6.00. The molecule has 0 spiro atoms. The average Bonchev–Trinajstić information content (AvgIpc) is 3.13. The van der Waals surface area contributed by atoms with Gasteiger partial charge in [-0.3, -0.25) is 0 Å². The number of rotatable bonds is 3. The van der Waals surface area contributed by atoms with Gasteiger partial charge >= 0.3 is 11.2 Å². The normalized spacial score (nSPS) is 14.6.